The van der Waals surface area contributed by atoms with Crippen molar-refractivity contribution in [2.45, 2.75) is 26.8 Å². The molecule has 1 amide bonds. The van der Waals surface area contributed by atoms with Gasteiger partial charge < -0.3 is 20.4 Å². The highest BCUT2D eigenvalue weighted by Crippen LogP contribution is 2.24. The molecule has 29 heavy (non-hydrogen) atoms. The van der Waals surface area contributed by atoms with E-state index in [9.17, 15) is 13.6 Å². The highest BCUT2D eigenvalue weighted by molar-refractivity contribution is 5.96. The van der Waals surface area contributed by atoms with E-state index in [1.165, 1.54) is 5.69 Å². The van der Waals surface area contributed by atoms with Crippen LogP contribution in [0.15, 0.2) is 36.4 Å². The van der Waals surface area contributed by atoms with Gasteiger partial charge in [0.2, 0.25) is 5.91 Å². The highest BCUT2D eigenvalue weighted by Gasteiger charge is 2.18. The van der Waals surface area contributed by atoms with E-state index < -0.39 is 23.6 Å². The van der Waals surface area contributed by atoms with E-state index in [1.807, 2.05) is 19.1 Å². The molecule has 1 saturated heterocycles. The van der Waals surface area contributed by atoms with Gasteiger partial charge in [-0.1, -0.05) is 6.92 Å². The Kier molecular flexibility index (Phi) is 6.69. The van der Waals surface area contributed by atoms with Crippen LogP contribution in [0, 0.1) is 18.6 Å². The first-order chi connectivity index (χ1) is 13.9. The number of anilines is 3. The zero-order valence-corrected chi connectivity index (χ0v) is 17.1. The Hall–Kier alpha value is -2.67. The van der Waals surface area contributed by atoms with Crippen molar-refractivity contribution in [3.63, 3.8) is 0 Å². The number of carbonyl (C=O) groups is 1. The van der Waals surface area contributed by atoms with Crippen molar-refractivity contribution in [3.8, 4) is 0 Å². The van der Waals surface area contributed by atoms with Crippen LogP contribution in [0.5, 0.6) is 0 Å². The number of piperazine rings is 1. The fourth-order valence-corrected chi connectivity index (χ4v) is 3.46. The second-order valence-corrected chi connectivity index (χ2v) is 7.40. The first-order valence-electron chi connectivity index (χ1n) is 9.97. The minimum absolute atomic E-state index is 0.165. The first-order valence-corrected chi connectivity index (χ1v) is 9.97. The molecular formula is C22H28F2N4O. The summed E-state index contributed by atoms with van der Waals surface area (Å²) in [5.41, 5.74) is 2.87. The Morgan fingerprint density at radius 1 is 1.07 bits per heavy atom. The first kappa shape index (κ1) is 21.0. The minimum Gasteiger partial charge on any atom is -0.374 e. The highest BCUT2D eigenvalue weighted by atomic mass is 19.1. The second kappa shape index (κ2) is 9.22. The summed E-state index contributed by atoms with van der Waals surface area (Å²) in [7, 11) is 0. The molecule has 2 aromatic rings. The summed E-state index contributed by atoms with van der Waals surface area (Å²) in [4.78, 5) is 17.2. The predicted molar refractivity (Wildman–Crippen MR) is 114 cm³/mol. The molecule has 1 aliphatic rings. The van der Waals surface area contributed by atoms with Gasteiger partial charge in [-0.2, -0.15) is 0 Å². The zero-order chi connectivity index (χ0) is 21.0. The van der Waals surface area contributed by atoms with Gasteiger partial charge in [0.05, 0.1) is 5.69 Å². The molecule has 0 aliphatic carbocycles. The Labute approximate surface area is 170 Å². The number of nitrogens with zero attached hydrogens (tertiary/aromatic N) is 2. The van der Waals surface area contributed by atoms with Crippen molar-refractivity contribution in [1.82, 2.24) is 4.90 Å². The van der Waals surface area contributed by atoms with Crippen molar-refractivity contribution >= 4 is 23.0 Å². The third kappa shape index (κ3) is 5.23. The lowest BCUT2D eigenvalue weighted by atomic mass is 10.1. The Morgan fingerprint density at radius 3 is 2.45 bits per heavy atom. The molecule has 3 rings (SSSR count). The van der Waals surface area contributed by atoms with Gasteiger partial charge in [0.15, 0.2) is 0 Å². The molecule has 1 heterocycles. The number of amides is 1. The number of hydrogen-bond donors (Lipinski definition) is 2. The second-order valence-electron chi connectivity index (χ2n) is 7.40. The molecule has 2 N–H and O–H groups in total. The van der Waals surface area contributed by atoms with Crippen LogP contribution in [-0.4, -0.2) is 49.6 Å². The van der Waals surface area contributed by atoms with Crippen LogP contribution in [-0.2, 0) is 4.79 Å². The number of rotatable bonds is 6. The van der Waals surface area contributed by atoms with Gasteiger partial charge in [-0.25, -0.2) is 8.78 Å². The molecular weight excluding hydrogens is 374 g/mol. The van der Waals surface area contributed by atoms with E-state index >= 15 is 0 Å². The normalized spacial score (nSPS) is 15.8. The number of carbonyl (C=O) groups excluding carboxylic acids is 1. The topological polar surface area (TPSA) is 47.6 Å². The van der Waals surface area contributed by atoms with Crippen molar-refractivity contribution in [1.29, 1.82) is 0 Å². The maximum Gasteiger partial charge on any atom is 0.246 e. The molecule has 1 fully saturated rings. The molecule has 0 aromatic heterocycles. The number of benzene rings is 2. The van der Waals surface area contributed by atoms with Gasteiger partial charge in [0.1, 0.15) is 17.7 Å². The van der Waals surface area contributed by atoms with Gasteiger partial charge in [-0.15, -0.1) is 0 Å². The maximum atomic E-state index is 13.7. The average Bonchev–Trinajstić information content (AvgIpc) is 2.72. The Balaban J connectivity index is 1.62. The summed E-state index contributed by atoms with van der Waals surface area (Å²) < 4.78 is 27.0. The zero-order valence-electron chi connectivity index (χ0n) is 17.1. The summed E-state index contributed by atoms with van der Waals surface area (Å²) in [5.74, 6) is -1.71. The van der Waals surface area contributed by atoms with Crippen molar-refractivity contribution in [2.24, 2.45) is 0 Å². The lowest BCUT2D eigenvalue weighted by Crippen LogP contribution is -2.46. The molecule has 156 valence electrons. The van der Waals surface area contributed by atoms with Crippen molar-refractivity contribution in [3.05, 3.63) is 53.6 Å². The number of halogens is 2. The molecule has 1 atom stereocenters. The number of nitrogens with one attached hydrogen (secondary N) is 2. The largest absolute Gasteiger partial charge is 0.374 e. The predicted octanol–water partition coefficient (Wildman–Crippen LogP) is 3.85. The summed E-state index contributed by atoms with van der Waals surface area (Å²) in [6.07, 6.45) is 0. The number of hydrogen-bond acceptors (Lipinski definition) is 4. The molecule has 0 spiro atoms. The van der Waals surface area contributed by atoms with E-state index in [4.69, 9.17) is 0 Å². The molecule has 7 heteroatoms. The smallest absolute Gasteiger partial charge is 0.246 e. The SMILES string of the molecule is CCN1CCN(c2ccc(NC(C)C(=O)Nc3cc(F)ccc3F)c(C)c2)CC1. The minimum atomic E-state index is -0.671. The van der Waals surface area contributed by atoms with Crippen LogP contribution < -0.4 is 15.5 Å². The number of aryl methyl sites for hydroxylation is 1. The molecule has 1 unspecified atom stereocenters. The average molecular weight is 402 g/mol. The van der Waals surface area contributed by atoms with Gasteiger partial charge in [0.25, 0.3) is 0 Å². The molecule has 0 radical (unpaired) electrons. The summed E-state index contributed by atoms with van der Waals surface area (Å²) >= 11 is 0. The molecule has 0 bridgehead atoms. The third-order valence-electron chi connectivity index (χ3n) is 5.35. The molecule has 5 nitrogen and oxygen atoms in total. The van der Waals surface area contributed by atoms with Crippen LogP contribution in [0.3, 0.4) is 0 Å². The third-order valence-corrected chi connectivity index (χ3v) is 5.35. The van der Waals surface area contributed by atoms with Crippen molar-refractivity contribution in [2.75, 3.05) is 48.3 Å². The quantitative estimate of drug-likeness (QED) is 0.771. The van der Waals surface area contributed by atoms with Crippen LogP contribution >= 0.6 is 0 Å². The van der Waals surface area contributed by atoms with Gasteiger partial charge in [0, 0.05) is 43.6 Å². The molecule has 2 aromatic carbocycles. The fraction of sp³-hybridized carbons (Fsp3) is 0.409. The van der Waals surface area contributed by atoms with Crippen LogP contribution in [0.4, 0.5) is 25.8 Å². The van der Waals surface area contributed by atoms with Crippen molar-refractivity contribution < 1.29 is 13.6 Å². The van der Waals surface area contributed by atoms with Gasteiger partial charge in [-0.05, 0) is 56.3 Å². The van der Waals surface area contributed by atoms with E-state index in [0.29, 0.717) is 0 Å². The molecule has 1 aliphatic heterocycles. The standard InChI is InChI=1S/C22H28F2N4O/c1-4-27-9-11-28(12-10-27)18-6-8-20(15(2)13-18)25-16(3)22(29)26-21-14-17(23)5-7-19(21)24/h5-8,13-14,16,25H,4,9-12H2,1-3H3,(H,26,29). The van der Waals surface area contributed by atoms with E-state index in [0.717, 1.165) is 62.2 Å². The van der Waals surface area contributed by atoms with Crippen LogP contribution in [0.1, 0.15) is 19.4 Å². The summed E-state index contributed by atoms with van der Waals surface area (Å²) in [6, 6.07) is 8.48. The Morgan fingerprint density at radius 2 is 1.79 bits per heavy atom. The fourth-order valence-electron chi connectivity index (χ4n) is 3.46. The van der Waals surface area contributed by atoms with Gasteiger partial charge >= 0.3 is 0 Å². The number of likely N-dealkylation sites (N-methyl/N-ethyl adjacent to an activating group) is 1. The summed E-state index contributed by atoms with van der Waals surface area (Å²) in [6.45, 7) is 11.0. The monoisotopic (exact) mass is 402 g/mol. The van der Waals surface area contributed by atoms with E-state index in [1.54, 1.807) is 6.92 Å². The van der Waals surface area contributed by atoms with E-state index in [-0.39, 0.29) is 5.69 Å². The molecule has 0 saturated carbocycles. The van der Waals surface area contributed by atoms with E-state index in [2.05, 4.69) is 33.4 Å². The van der Waals surface area contributed by atoms with Crippen LogP contribution in [0.25, 0.3) is 0 Å². The lowest BCUT2D eigenvalue weighted by molar-refractivity contribution is -0.116. The van der Waals surface area contributed by atoms with Crippen LogP contribution in [0.2, 0.25) is 0 Å². The Bertz CT molecular complexity index is 866. The lowest BCUT2D eigenvalue weighted by Gasteiger charge is -2.35. The summed E-state index contributed by atoms with van der Waals surface area (Å²) in [5, 5.41) is 5.59. The van der Waals surface area contributed by atoms with Gasteiger partial charge in [-0.3, -0.25) is 4.79 Å². The maximum absolute atomic E-state index is 13.7.